The van der Waals surface area contributed by atoms with Gasteiger partial charge in [0.05, 0.1) is 0 Å². The Morgan fingerprint density at radius 2 is 1.65 bits per heavy atom. The molecule has 0 saturated carbocycles. The van der Waals surface area contributed by atoms with Gasteiger partial charge < -0.3 is 10.2 Å². The summed E-state index contributed by atoms with van der Waals surface area (Å²) in [6.45, 7) is 15.1. The minimum Gasteiger partial charge on any atom is -0.316 e. The van der Waals surface area contributed by atoms with Crippen molar-refractivity contribution >= 4 is 0 Å². The van der Waals surface area contributed by atoms with Gasteiger partial charge in [-0.05, 0) is 81.5 Å². The maximum absolute atomic E-state index is 3.54. The monoisotopic (exact) mass is 280 g/mol. The molecule has 2 heterocycles. The molecule has 2 heteroatoms. The van der Waals surface area contributed by atoms with Crippen LogP contribution in [0.3, 0.4) is 0 Å². The largest absolute Gasteiger partial charge is 0.316 e. The smallest absolute Gasteiger partial charge is 0.00117 e. The molecule has 1 N–H and O–H groups in total. The summed E-state index contributed by atoms with van der Waals surface area (Å²) in [5, 5.41) is 3.54. The van der Waals surface area contributed by atoms with E-state index in [1.165, 1.54) is 58.3 Å². The third-order valence-corrected chi connectivity index (χ3v) is 6.31. The molecule has 2 unspecified atom stereocenters. The molecule has 0 aromatic heterocycles. The van der Waals surface area contributed by atoms with Gasteiger partial charge in [0.25, 0.3) is 0 Å². The van der Waals surface area contributed by atoms with Gasteiger partial charge in [0, 0.05) is 6.54 Å². The lowest BCUT2D eigenvalue weighted by Gasteiger charge is -2.42. The molecule has 2 nitrogen and oxygen atoms in total. The van der Waals surface area contributed by atoms with Crippen LogP contribution in [0.5, 0.6) is 0 Å². The van der Waals surface area contributed by atoms with E-state index < -0.39 is 0 Å². The molecule has 2 fully saturated rings. The predicted molar refractivity (Wildman–Crippen MR) is 88.0 cm³/mol. The number of rotatable bonds is 5. The molecule has 2 aliphatic rings. The van der Waals surface area contributed by atoms with E-state index in [-0.39, 0.29) is 0 Å². The summed E-state index contributed by atoms with van der Waals surface area (Å²) in [6, 6.07) is 0. The molecule has 0 spiro atoms. The van der Waals surface area contributed by atoms with E-state index in [0.29, 0.717) is 10.8 Å². The SMILES string of the molecule is CN1CCCC(C(C)(C)CCC(C)(C)C2CCNC2)C1. The number of hydrogen-bond acceptors (Lipinski definition) is 2. The number of nitrogens with one attached hydrogen (secondary N) is 1. The highest BCUT2D eigenvalue weighted by Crippen LogP contribution is 2.43. The highest BCUT2D eigenvalue weighted by Gasteiger charge is 2.36. The number of piperidine rings is 1. The third-order valence-electron chi connectivity index (χ3n) is 6.31. The van der Waals surface area contributed by atoms with Crippen molar-refractivity contribution in [2.24, 2.45) is 22.7 Å². The average molecular weight is 280 g/mol. The predicted octanol–water partition coefficient (Wildman–Crippen LogP) is 3.77. The van der Waals surface area contributed by atoms with Crippen molar-refractivity contribution in [2.75, 3.05) is 33.2 Å². The van der Waals surface area contributed by atoms with Gasteiger partial charge in [-0.2, -0.15) is 0 Å². The fourth-order valence-corrected chi connectivity index (χ4v) is 4.18. The summed E-state index contributed by atoms with van der Waals surface area (Å²) in [4.78, 5) is 2.53. The van der Waals surface area contributed by atoms with E-state index in [2.05, 4.69) is 45.0 Å². The lowest BCUT2D eigenvalue weighted by Crippen LogP contribution is -2.40. The first kappa shape index (κ1) is 16.3. The fourth-order valence-electron chi connectivity index (χ4n) is 4.18. The highest BCUT2D eigenvalue weighted by molar-refractivity contribution is 4.89. The Morgan fingerprint density at radius 1 is 1.00 bits per heavy atom. The summed E-state index contributed by atoms with van der Waals surface area (Å²) in [5.41, 5.74) is 0.999. The summed E-state index contributed by atoms with van der Waals surface area (Å²) in [6.07, 6.45) is 6.96. The average Bonchev–Trinajstić information content (AvgIpc) is 2.91. The van der Waals surface area contributed by atoms with Crippen molar-refractivity contribution in [1.82, 2.24) is 10.2 Å². The van der Waals surface area contributed by atoms with Gasteiger partial charge in [-0.25, -0.2) is 0 Å². The molecule has 2 rings (SSSR count). The van der Waals surface area contributed by atoms with Crippen LogP contribution in [0.15, 0.2) is 0 Å². The van der Waals surface area contributed by atoms with Crippen LogP contribution in [0, 0.1) is 22.7 Å². The molecule has 118 valence electrons. The van der Waals surface area contributed by atoms with Crippen LogP contribution >= 0.6 is 0 Å². The van der Waals surface area contributed by atoms with E-state index in [0.717, 1.165) is 11.8 Å². The lowest BCUT2D eigenvalue weighted by atomic mass is 9.66. The molecular weight excluding hydrogens is 244 g/mol. The first-order valence-electron chi connectivity index (χ1n) is 8.70. The molecule has 0 aliphatic carbocycles. The first-order valence-corrected chi connectivity index (χ1v) is 8.70. The zero-order valence-electron chi connectivity index (χ0n) is 14.5. The summed E-state index contributed by atoms with van der Waals surface area (Å²) < 4.78 is 0. The van der Waals surface area contributed by atoms with Gasteiger partial charge in [0.15, 0.2) is 0 Å². The quantitative estimate of drug-likeness (QED) is 0.824. The second kappa shape index (κ2) is 6.36. The standard InChI is InChI=1S/C18H36N2/c1-17(2,15-8-11-19-13-15)9-10-18(3,4)16-7-6-12-20(5)14-16/h15-16,19H,6-14H2,1-5H3. The topological polar surface area (TPSA) is 15.3 Å². The second-order valence-electron chi connectivity index (χ2n) is 8.77. The molecule has 0 aromatic carbocycles. The van der Waals surface area contributed by atoms with Crippen molar-refractivity contribution in [3.8, 4) is 0 Å². The molecule has 0 amide bonds. The maximum Gasteiger partial charge on any atom is 0.00117 e. The number of nitrogens with zero attached hydrogens (tertiary/aromatic N) is 1. The second-order valence-corrected chi connectivity index (χ2v) is 8.77. The van der Waals surface area contributed by atoms with Crippen LogP contribution in [-0.4, -0.2) is 38.1 Å². The van der Waals surface area contributed by atoms with E-state index in [9.17, 15) is 0 Å². The Bertz CT molecular complexity index is 303. The maximum atomic E-state index is 3.54. The van der Waals surface area contributed by atoms with Crippen molar-refractivity contribution < 1.29 is 0 Å². The van der Waals surface area contributed by atoms with Crippen LogP contribution in [0.2, 0.25) is 0 Å². The minimum atomic E-state index is 0.498. The van der Waals surface area contributed by atoms with E-state index >= 15 is 0 Å². The van der Waals surface area contributed by atoms with Crippen LogP contribution in [0.1, 0.15) is 59.8 Å². The Labute approximate surface area is 126 Å². The van der Waals surface area contributed by atoms with Gasteiger partial charge in [-0.3, -0.25) is 0 Å². The Balaban J connectivity index is 1.87. The Hall–Kier alpha value is -0.0800. The van der Waals surface area contributed by atoms with Crippen LogP contribution in [0.4, 0.5) is 0 Å². The van der Waals surface area contributed by atoms with E-state index in [1.807, 2.05) is 0 Å². The molecule has 0 radical (unpaired) electrons. The number of hydrogen-bond donors (Lipinski definition) is 1. The molecule has 0 aromatic rings. The third kappa shape index (κ3) is 3.98. The van der Waals surface area contributed by atoms with Gasteiger partial charge in [-0.15, -0.1) is 0 Å². The summed E-state index contributed by atoms with van der Waals surface area (Å²) >= 11 is 0. The first-order chi connectivity index (χ1) is 9.31. The normalized spacial score (nSPS) is 29.9. The van der Waals surface area contributed by atoms with Gasteiger partial charge >= 0.3 is 0 Å². The van der Waals surface area contributed by atoms with E-state index in [1.54, 1.807) is 0 Å². The molecule has 2 atom stereocenters. The number of likely N-dealkylation sites (tertiary alicyclic amines) is 1. The van der Waals surface area contributed by atoms with E-state index in [4.69, 9.17) is 0 Å². The highest BCUT2D eigenvalue weighted by atomic mass is 15.1. The van der Waals surface area contributed by atoms with Gasteiger partial charge in [-0.1, -0.05) is 27.7 Å². The molecule has 0 bridgehead atoms. The van der Waals surface area contributed by atoms with Crippen LogP contribution in [-0.2, 0) is 0 Å². The molecule has 2 saturated heterocycles. The van der Waals surface area contributed by atoms with Crippen molar-refractivity contribution in [2.45, 2.75) is 59.8 Å². The van der Waals surface area contributed by atoms with Gasteiger partial charge in [0.1, 0.15) is 0 Å². The van der Waals surface area contributed by atoms with Crippen molar-refractivity contribution in [3.05, 3.63) is 0 Å². The molecule has 20 heavy (non-hydrogen) atoms. The molecule has 2 aliphatic heterocycles. The lowest BCUT2D eigenvalue weighted by molar-refractivity contribution is 0.0754. The van der Waals surface area contributed by atoms with Crippen LogP contribution < -0.4 is 5.32 Å². The summed E-state index contributed by atoms with van der Waals surface area (Å²) in [5.74, 6) is 1.77. The van der Waals surface area contributed by atoms with Crippen molar-refractivity contribution in [1.29, 1.82) is 0 Å². The zero-order chi connectivity index (χ0) is 14.8. The minimum absolute atomic E-state index is 0.498. The fraction of sp³-hybridized carbons (Fsp3) is 1.00. The van der Waals surface area contributed by atoms with Crippen LogP contribution in [0.25, 0.3) is 0 Å². The Kier molecular flexibility index (Phi) is 5.18. The molecular formula is C18H36N2. The summed E-state index contributed by atoms with van der Waals surface area (Å²) in [7, 11) is 2.29. The van der Waals surface area contributed by atoms with Crippen molar-refractivity contribution in [3.63, 3.8) is 0 Å². The zero-order valence-corrected chi connectivity index (χ0v) is 14.5. The van der Waals surface area contributed by atoms with Gasteiger partial charge in [0.2, 0.25) is 0 Å². The Morgan fingerprint density at radius 3 is 2.20 bits per heavy atom.